The van der Waals surface area contributed by atoms with E-state index in [0.29, 0.717) is 12.5 Å². The highest BCUT2D eigenvalue weighted by atomic mass is 16.1. The van der Waals surface area contributed by atoms with Crippen LogP contribution in [0.2, 0.25) is 0 Å². The quantitative estimate of drug-likeness (QED) is 0.811. The number of amides is 1. The predicted octanol–water partition coefficient (Wildman–Crippen LogP) is 2.28. The summed E-state index contributed by atoms with van der Waals surface area (Å²) in [6.45, 7) is 6.80. The minimum absolute atomic E-state index is 0.0243. The second-order valence-electron chi connectivity index (χ2n) is 5.16. The normalized spacial score (nSPS) is 12.5. The Morgan fingerprint density at radius 3 is 2.28 bits per heavy atom. The molecule has 0 aliphatic carbocycles. The number of likely N-dealkylation sites (N-methyl/N-ethyl adjacent to an activating group) is 1. The van der Waals surface area contributed by atoms with Crippen LogP contribution in [0.4, 0.5) is 0 Å². The highest BCUT2D eigenvalue weighted by Gasteiger charge is 2.08. The average molecular weight is 248 g/mol. The molecule has 0 radical (unpaired) electrons. The molecule has 1 rings (SSSR count). The Kier molecular flexibility index (Phi) is 5.86. The van der Waals surface area contributed by atoms with E-state index >= 15 is 0 Å². The minimum Gasteiger partial charge on any atom is -0.348 e. The monoisotopic (exact) mass is 248 g/mol. The van der Waals surface area contributed by atoms with Crippen LogP contribution < -0.4 is 10.6 Å². The minimum atomic E-state index is 0.0243. The Bertz CT molecular complexity index is 371. The molecule has 1 atom stereocenters. The van der Waals surface area contributed by atoms with E-state index in [1.807, 2.05) is 6.92 Å². The predicted molar refractivity (Wildman–Crippen MR) is 75.5 cm³/mol. The van der Waals surface area contributed by atoms with Crippen molar-refractivity contribution in [3.63, 3.8) is 0 Å². The molecule has 1 aromatic carbocycles. The zero-order chi connectivity index (χ0) is 13.5. The lowest BCUT2D eigenvalue weighted by molar-refractivity contribution is -0.120. The lowest BCUT2D eigenvalue weighted by Crippen LogP contribution is -2.33. The summed E-state index contributed by atoms with van der Waals surface area (Å²) in [5, 5.41) is 5.80. The van der Waals surface area contributed by atoms with Crippen LogP contribution in [-0.2, 0) is 11.2 Å². The van der Waals surface area contributed by atoms with Gasteiger partial charge in [0.1, 0.15) is 0 Å². The molecule has 0 saturated carbocycles. The maximum Gasteiger partial charge on any atom is 0.234 e. The van der Waals surface area contributed by atoms with Crippen molar-refractivity contribution in [2.45, 2.75) is 33.2 Å². The second kappa shape index (κ2) is 7.17. The number of carbonyl (C=O) groups excluding carboxylic acids is 1. The van der Waals surface area contributed by atoms with Crippen molar-refractivity contribution >= 4 is 5.91 Å². The molecule has 100 valence electrons. The van der Waals surface area contributed by atoms with Crippen molar-refractivity contribution in [2.24, 2.45) is 5.92 Å². The number of benzene rings is 1. The molecule has 3 nitrogen and oxygen atoms in total. The molecule has 0 fully saturated rings. The molecular formula is C15H24N2O. The first-order valence-corrected chi connectivity index (χ1v) is 6.55. The summed E-state index contributed by atoms with van der Waals surface area (Å²) in [4.78, 5) is 11.5. The van der Waals surface area contributed by atoms with Gasteiger partial charge >= 0.3 is 0 Å². The first-order chi connectivity index (χ1) is 8.52. The van der Waals surface area contributed by atoms with Crippen molar-refractivity contribution in [2.75, 3.05) is 13.6 Å². The van der Waals surface area contributed by atoms with E-state index in [9.17, 15) is 4.79 Å². The fourth-order valence-electron chi connectivity index (χ4n) is 1.95. The molecule has 1 aromatic rings. The number of hydrogen-bond acceptors (Lipinski definition) is 2. The summed E-state index contributed by atoms with van der Waals surface area (Å²) >= 11 is 0. The summed E-state index contributed by atoms with van der Waals surface area (Å²) in [7, 11) is 1.77. The molecule has 0 aliphatic rings. The van der Waals surface area contributed by atoms with E-state index in [2.05, 4.69) is 48.7 Å². The smallest absolute Gasteiger partial charge is 0.234 e. The Morgan fingerprint density at radius 2 is 1.78 bits per heavy atom. The van der Waals surface area contributed by atoms with Gasteiger partial charge in [-0.3, -0.25) is 4.79 Å². The van der Waals surface area contributed by atoms with Gasteiger partial charge in [0.15, 0.2) is 0 Å². The van der Waals surface area contributed by atoms with Crippen LogP contribution in [0.25, 0.3) is 0 Å². The first kappa shape index (κ1) is 14.7. The van der Waals surface area contributed by atoms with E-state index < -0.39 is 0 Å². The highest BCUT2D eigenvalue weighted by molar-refractivity contribution is 5.78. The third-order valence-corrected chi connectivity index (χ3v) is 2.84. The van der Waals surface area contributed by atoms with E-state index in [1.165, 1.54) is 5.56 Å². The topological polar surface area (TPSA) is 41.1 Å². The molecule has 2 N–H and O–H groups in total. The van der Waals surface area contributed by atoms with Crippen LogP contribution >= 0.6 is 0 Å². The Balaban J connectivity index is 2.58. The summed E-state index contributed by atoms with van der Waals surface area (Å²) in [5.41, 5.74) is 2.49. The van der Waals surface area contributed by atoms with Gasteiger partial charge in [-0.15, -0.1) is 0 Å². The van der Waals surface area contributed by atoms with Crippen LogP contribution in [0.1, 0.15) is 37.9 Å². The molecule has 1 amide bonds. The van der Waals surface area contributed by atoms with Gasteiger partial charge in [-0.05, 0) is 37.4 Å². The highest BCUT2D eigenvalue weighted by Crippen LogP contribution is 2.15. The summed E-state index contributed by atoms with van der Waals surface area (Å²) < 4.78 is 0. The van der Waals surface area contributed by atoms with Gasteiger partial charge in [0.05, 0.1) is 12.6 Å². The third-order valence-electron chi connectivity index (χ3n) is 2.84. The van der Waals surface area contributed by atoms with E-state index in [-0.39, 0.29) is 11.9 Å². The summed E-state index contributed by atoms with van der Waals surface area (Å²) in [5.74, 6) is 0.694. The molecule has 0 aliphatic heterocycles. The van der Waals surface area contributed by atoms with Crippen molar-refractivity contribution in [1.82, 2.24) is 10.6 Å². The molecule has 1 unspecified atom stereocenters. The van der Waals surface area contributed by atoms with Crippen molar-refractivity contribution < 1.29 is 4.79 Å². The zero-order valence-corrected chi connectivity index (χ0v) is 11.8. The summed E-state index contributed by atoms with van der Waals surface area (Å²) in [6, 6.07) is 8.55. The largest absolute Gasteiger partial charge is 0.348 e. The maximum absolute atomic E-state index is 11.5. The molecular weight excluding hydrogens is 224 g/mol. The lowest BCUT2D eigenvalue weighted by Gasteiger charge is -2.15. The molecule has 18 heavy (non-hydrogen) atoms. The van der Waals surface area contributed by atoms with E-state index in [1.54, 1.807) is 7.05 Å². The van der Waals surface area contributed by atoms with Crippen molar-refractivity contribution in [3.05, 3.63) is 35.4 Å². The fraction of sp³-hybridized carbons (Fsp3) is 0.533. The molecule has 0 spiro atoms. The Hall–Kier alpha value is -1.35. The summed E-state index contributed by atoms with van der Waals surface area (Å²) in [6.07, 6.45) is 1.10. The van der Waals surface area contributed by atoms with Gasteiger partial charge in [0, 0.05) is 0 Å². The third kappa shape index (κ3) is 4.88. The van der Waals surface area contributed by atoms with Crippen LogP contribution in [0.15, 0.2) is 24.3 Å². The first-order valence-electron chi connectivity index (χ1n) is 6.55. The fourth-order valence-corrected chi connectivity index (χ4v) is 1.95. The van der Waals surface area contributed by atoms with Crippen LogP contribution in [0.3, 0.4) is 0 Å². The average Bonchev–Trinajstić information content (AvgIpc) is 2.29. The van der Waals surface area contributed by atoms with Gasteiger partial charge in [-0.1, -0.05) is 38.1 Å². The van der Waals surface area contributed by atoms with E-state index in [4.69, 9.17) is 0 Å². The number of hydrogen-bond donors (Lipinski definition) is 2. The van der Waals surface area contributed by atoms with Crippen LogP contribution in [-0.4, -0.2) is 19.5 Å². The van der Waals surface area contributed by atoms with Crippen LogP contribution in [0, 0.1) is 5.92 Å². The standard InChI is InChI=1S/C15H24N2O/c1-11(2)9-13-5-7-14(8-6-13)12(3)17-15(18)10-16-4/h5-8,11-12,16H,9-10H2,1-4H3,(H,17,18). The Labute approximate surface area is 110 Å². The van der Waals surface area contributed by atoms with E-state index in [0.717, 1.165) is 12.0 Å². The maximum atomic E-state index is 11.5. The Morgan fingerprint density at radius 1 is 1.17 bits per heavy atom. The van der Waals surface area contributed by atoms with Gasteiger partial charge in [0.2, 0.25) is 5.91 Å². The zero-order valence-electron chi connectivity index (χ0n) is 11.8. The number of nitrogens with one attached hydrogen (secondary N) is 2. The SMILES string of the molecule is CNCC(=O)NC(C)c1ccc(CC(C)C)cc1. The van der Waals surface area contributed by atoms with Gasteiger partial charge in [0.25, 0.3) is 0 Å². The molecule has 3 heteroatoms. The molecule has 0 bridgehead atoms. The second-order valence-corrected chi connectivity index (χ2v) is 5.16. The van der Waals surface area contributed by atoms with Crippen LogP contribution in [0.5, 0.6) is 0 Å². The van der Waals surface area contributed by atoms with Crippen molar-refractivity contribution in [3.8, 4) is 0 Å². The van der Waals surface area contributed by atoms with Crippen molar-refractivity contribution in [1.29, 1.82) is 0 Å². The van der Waals surface area contributed by atoms with Gasteiger partial charge in [-0.2, -0.15) is 0 Å². The molecule has 0 heterocycles. The number of carbonyl (C=O) groups is 1. The molecule has 0 aromatic heterocycles. The lowest BCUT2D eigenvalue weighted by atomic mass is 10.00. The molecule has 0 saturated heterocycles. The number of rotatable bonds is 6. The van der Waals surface area contributed by atoms with Gasteiger partial charge in [-0.25, -0.2) is 0 Å². The van der Waals surface area contributed by atoms with Gasteiger partial charge < -0.3 is 10.6 Å².